The first-order valence-corrected chi connectivity index (χ1v) is 9.98. The smallest absolute Gasteiger partial charge is 0.326 e. The van der Waals surface area contributed by atoms with Crippen molar-refractivity contribution in [2.75, 3.05) is 0 Å². The van der Waals surface area contributed by atoms with Gasteiger partial charge in [-0.15, -0.1) is 0 Å². The number of carboxylic acid groups (broad SMARTS) is 3. The third-order valence-electron chi connectivity index (χ3n) is 4.31. The minimum atomic E-state index is -1.70. The van der Waals surface area contributed by atoms with Gasteiger partial charge in [0, 0.05) is 0 Å². The summed E-state index contributed by atoms with van der Waals surface area (Å²) in [5.74, 6) is -7.36. The molecule has 0 spiro atoms. The number of carboxylic acids is 3. The number of carbonyl (C=O) groups excluding carboxylic acids is 3. The van der Waals surface area contributed by atoms with Gasteiger partial charge in [-0.2, -0.15) is 0 Å². The summed E-state index contributed by atoms with van der Waals surface area (Å²) in [5.41, 5.74) is 5.53. The van der Waals surface area contributed by atoms with Crippen LogP contribution in [0.25, 0.3) is 0 Å². The van der Waals surface area contributed by atoms with Gasteiger partial charge in [0.1, 0.15) is 18.1 Å². The summed E-state index contributed by atoms with van der Waals surface area (Å²) < 4.78 is 0. The fourth-order valence-electron chi connectivity index (χ4n) is 2.69. The zero-order valence-electron chi connectivity index (χ0n) is 18.5. The Kier molecular flexibility index (Phi) is 11.9. The van der Waals surface area contributed by atoms with Crippen LogP contribution in [0.15, 0.2) is 0 Å². The lowest BCUT2D eigenvalue weighted by molar-refractivity contribution is -0.147. The average Bonchev–Trinajstić information content (AvgIpc) is 2.62. The maximum absolute atomic E-state index is 12.8. The molecule has 0 radical (unpaired) electrons. The highest BCUT2D eigenvalue weighted by molar-refractivity contribution is 5.95. The molecule has 4 atom stereocenters. The van der Waals surface area contributed by atoms with Crippen molar-refractivity contribution in [3.8, 4) is 0 Å². The number of amides is 3. The van der Waals surface area contributed by atoms with Crippen LogP contribution < -0.4 is 21.7 Å². The van der Waals surface area contributed by atoms with Gasteiger partial charge in [-0.05, 0) is 18.3 Å². The van der Waals surface area contributed by atoms with E-state index in [4.69, 9.17) is 21.1 Å². The lowest BCUT2D eigenvalue weighted by Gasteiger charge is -2.27. The molecule has 0 saturated heterocycles. The van der Waals surface area contributed by atoms with E-state index in [1.54, 1.807) is 27.7 Å². The van der Waals surface area contributed by atoms with Crippen LogP contribution in [0.4, 0.5) is 0 Å². The monoisotopic (exact) mass is 460 g/mol. The molecule has 0 bridgehead atoms. The molecule has 13 nitrogen and oxygen atoms in total. The van der Waals surface area contributed by atoms with Crippen LogP contribution in [0.3, 0.4) is 0 Å². The van der Waals surface area contributed by atoms with Crippen molar-refractivity contribution in [2.45, 2.75) is 71.1 Å². The third kappa shape index (κ3) is 10.7. The van der Waals surface area contributed by atoms with E-state index in [2.05, 4.69) is 16.0 Å². The van der Waals surface area contributed by atoms with Crippen molar-refractivity contribution in [3.63, 3.8) is 0 Å². The van der Waals surface area contributed by atoms with Crippen LogP contribution in [-0.2, 0) is 28.8 Å². The molecule has 13 heteroatoms. The lowest BCUT2D eigenvalue weighted by atomic mass is 9.99. The molecule has 0 unspecified atom stereocenters. The number of nitrogens with two attached hydrogens (primary N) is 1. The first-order chi connectivity index (χ1) is 14.6. The summed E-state index contributed by atoms with van der Waals surface area (Å²) in [5, 5.41) is 33.6. The largest absolute Gasteiger partial charge is 0.481 e. The van der Waals surface area contributed by atoms with Gasteiger partial charge >= 0.3 is 17.9 Å². The predicted octanol–water partition coefficient (Wildman–Crippen LogP) is -1.50. The molecular formula is C19H32N4O9. The molecule has 0 rings (SSSR count). The summed E-state index contributed by atoms with van der Waals surface area (Å²) in [4.78, 5) is 70.3. The van der Waals surface area contributed by atoms with Crippen molar-refractivity contribution in [2.24, 2.45) is 17.6 Å². The van der Waals surface area contributed by atoms with E-state index in [1.165, 1.54) is 0 Å². The van der Waals surface area contributed by atoms with Crippen molar-refractivity contribution in [1.29, 1.82) is 0 Å². The second-order valence-corrected chi connectivity index (χ2v) is 8.12. The van der Waals surface area contributed by atoms with Gasteiger partial charge in [0.25, 0.3) is 0 Å². The Hall–Kier alpha value is -3.22. The Morgan fingerprint density at radius 2 is 1.22 bits per heavy atom. The molecule has 0 aliphatic heterocycles. The molecule has 0 heterocycles. The first kappa shape index (κ1) is 28.8. The highest BCUT2D eigenvalue weighted by Crippen LogP contribution is 2.09. The van der Waals surface area contributed by atoms with Crippen LogP contribution in [0.2, 0.25) is 0 Å². The first-order valence-electron chi connectivity index (χ1n) is 9.98. The summed E-state index contributed by atoms with van der Waals surface area (Å²) in [6.45, 7) is 6.71. The molecular weight excluding hydrogens is 428 g/mol. The molecule has 8 N–H and O–H groups in total. The van der Waals surface area contributed by atoms with E-state index in [9.17, 15) is 28.8 Å². The van der Waals surface area contributed by atoms with Gasteiger partial charge in [-0.1, -0.05) is 27.7 Å². The van der Waals surface area contributed by atoms with Crippen LogP contribution in [0, 0.1) is 11.8 Å². The number of nitrogens with one attached hydrogen (secondary N) is 3. The van der Waals surface area contributed by atoms with E-state index in [0.717, 1.165) is 0 Å². The van der Waals surface area contributed by atoms with Crippen LogP contribution in [-0.4, -0.2) is 75.1 Å². The van der Waals surface area contributed by atoms with E-state index in [0.29, 0.717) is 0 Å². The van der Waals surface area contributed by atoms with Gasteiger partial charge in [-0.25, -0.2) is 4.79 Å². The Balaban J connectivity index is 5.45. The van der Waals surface area contributed by atoms with Crippen molar-refractivity contribution in [1.82, 2.24) is 16.0 Å². The molecule has 0 aromatic heterocycles. The normalized spacial score (nSPS) is 14.7. The SMILES string of the molecule is CC(C)C[C@H](NC(=O)[C@@H](N)CC(=O)O)C(=O)N[C@H](C(=O)N[C@@H](CC(=O)O)C(=O)O)C(C)C. The van der Waals surface area contributed by atoms with Gasteiger partial charge in [0.2, 0.25) is 17.7 Å². The number of hydrogen-bond donors (Lipinski definition) is 7. The number of aliphatic carboxylic acids is 3. The molecule has 0 aromatic rings. The number of carbonyl (C=O) groups is 6. The summed E-state index contributed by atoms with van der Waals surface area (Å²) in [6, 6.07) is -5.44. The van der Waals surface area contributed by atoms with Crippen molar-refractivity contribution < 1.29 is 44.1 Å². The molecule has 0 aliphatic rings. The van der Waals surface area contributed by atoms with Gasteiger partial charge in [0.05, 0.1) is 18.9 Å². The molecule has 0 aliphatic carbocycles. The van der Waals surface area contributed by atoms with Crippen LogP contribution in [0.1, 0.15) is 47.0 Å². The standard InChI is InChI=1S/C19H32N4O9/c1-8(2)5-11(21-16(28)10(20)6-13(24)25)17(29)23-15(9(3)4)18(30)22-12(19(31)32)7-14(26)27/h8-12,15H,5-7,20H2,1-4H3,(H,21,28)(H,22,30)(H,23,29)(H,24,25)(H,26,27)(H,31,32)/t10-,11-,12-,15-/m0/s1. The zero-order chi connectivity index (χ0) is 25.2. The van der Waals surface area contributed by atoms with Crippen molar-refractivity contribution >= 4 is 35.6 Å². The van der Waals surface area contributed by atoms with Gasteiger partial charge in [0.15, 0.2) is 0 Å². The van der Waals surface area contributed by atoms with E-state index in [-0.39, 0.29) is 12.3 Å². The maximum atomic E-state index is 12.8. The molecule has 0 saturated carbocycles. The average molecular weight is 460 g/mol. The molecule has 0 aromatic carbocycles. The fraction of sp³-hybridized carbons (Fsp3) is 0.684. The van der Waals surface area contributed by atoms with Gasteiger partial charge < -0.3 is 37.0 Å². The second kappa shape index (κ2) is 13.2. The molecule has 3 amide bonds. The zero-order valence-corrected chi connectivity index (χ0v) is 18.5. The molecule has 32 heavy (non-hydrogen) atoms. The van der Waals surface area contributed by atoms with Crippen molar-refractivity contribution in [3.05, 3.63) is 0 Å². The summed E-state index contributed by atoms with van der Waals surface area (Å²) in [6.07, 6.45) is -1.34. The van der Waals surface area contributed by atoms with Gasteiger partial charge in [-0.3, -0.25) is 24.0 Å². The van der Waals surface area contributed by atoms with Crippen LogP contribution in [0.5, 0.6) is 0 Å². The summed E-state index contributed by atoms with van der Waals surface area (Å²) in [7, 11) is 0. The highest BCUT2D eigenvalue weighted by atomic mass is 16.4. The Labute approximate surface area is 185 Å². The maximum Gasteiger partial charge on any atom is 0.326 e. The quantitative estimate of drug-likeness (QED) is 0.159. The van der Waals surface area contributed by atoms with E-state index >= 15 is 0 Å². The third-order valence-corrected chi connectivity index (χ3v) is 4.31. The summed E-state index contributed by atoms with van der Waals surface area (Å²) >= 11 is 0. The topological polar surface area (TPSA) is 225 Å². The Morgan fingerprint density at radius 3 is 1.62 bits per heavy atom. The minimum Gasteiger partial charge on any atom is -0.481 e. The second-order valence-electron chi connectivity index (χ2n) is 8.12. The van der Waals surface area contributed by atoms with Crippen LogP contribution >= 0.6 is 0 Å². The van der Waals surface area contributed by atoms with E-state index < -0.39 is 78.6 Å². The lowest BCUT2D eigenvalue weighted by Crippen LogP contribution is -2.58. The molecule has 0 fully saturated rings. The minimum absolute atomic E-state index is 0.0694. The fourth-order valence-corrected chi connectivity index (χ4v) is 2.69. The highest BCUT2D eigenvalue weighted by Gasteiger charge is 2.33. The predicted molar refractivity (Wildman–Crippen MR) is 110 cm³/mol. The Bertz CT molecular complexity index is 724. The molecule has 182 valence electrons. The van der Waals surface area contributed by atoms with E-state index in [1.807, 2.05) is 0 Å². The number of hydrogen-bond acceptors (Lipinski definition) is 7. The Morgan fingerprint density at radius 1 is 0.719 bits per heavy atom. The number of rotatable bonds is 14.